The van der Waals surface area contributed by atoms with Gasteiger partial charge in [0.15, 0.2) is 0 Å². The van der Waals surface area contributed by atoms with E-state index in [1.165, 1.54) is 5.57 Å². The summed E-state index contributed by atoms with van der Waals surface area (Å²) >= 11 is 0. The van der Waals surface area contributed by atoms with Crippen LogP contribution in [0.2, 0.25) is 0 Å². The van der Waals surface area contributed by atoms with Crippen molar-refractivity contribution in [2.45, 2.75) is 32.1 Å². The van der Waals surface area contributed by atoms with Crippen molar-refractivity contribution in [3.8, 4) is 11.8 Å². The molecule has 0 aliphatic carbocycles. The zero-order valence-electron chi connectivity index (χ0n) is 11.4. The first kappa shape index (κ1) is 13.4. The summed E-state index contributed by atoms with van der Waals surface area (Å²) in [7, 11) is 1.83. The lowest BCUT2D eigenvalue weighted by Gasteiger charge is -2.20. The molecule has 0 spiro atoms. The largest absolute Gasteiger partial charge is 0.322 e. The molecule has 1 aliphatic heterocycles. The van der Waals surface area contributed by atoms with Crippen molar-refractivity contribution < 1.29 is 4.79 Å². The average Bonchev–Trinajstić information content (AvgIpc) is 2.43. The van der Waals surface area contributed by atoms with Crippen LogP contribution in [-0.2, 0) is 4.79 Å². The minimum atomic E-state index is 0.215. The fourth-order valence-electron chi connectivity index (χ4n) is 2.13. The molecule has 0 fully saturated rings. The first-order chi connectivity index (χ1) is 9.25. The van der Waals surface area contributed by atoms with Crippen LogP contribution in [0, 0.1) is 11.8 Å². The highest BCUT2D eigenvalue weighted by molar-refractivity contribution is 5.78. The van der Waals surface area contributed by atoms with Gasteiger partial charge >= 0.3 is 0 Å². The molecule has 1 aromatic carbocycles. The van der Waals surface area contributed by atoms with Crippen LogP contribution in [0.4, 0.5) is 0 Å². The van der Waals surface area contributed by atoms with E-state index in [1.807, 2.05) is 43.6 Å². The highest BCUT2D eigenvalue weighted by atomic mass is 16.2. The lowest BCUT2D eigenvalue weighted by atomic mass is 10.0. The molecule has 0 N–H and O–H groups in total. The minimum absolute atomic E-state index is 0.215. The number of nitrogens with zero attached hydrogens (tertiary/aromatic N) is 1. The predicted octanol–water partition coefficient (Wildman–Crippen LogP) is 3.34. The molecule has 0 aromatic heterocycles. The Balaban J connectivity index is 1.75. The van der Waals surface area contributed by atoms with E-state index >= 15 is 0 Å². The van der Waals surface area contributed by atoms with Crippen LogP contribution < -0.4 is 0 Å². The lowest BCUT2D eigenvalue weighted by Crippen LogP contribution is -2.24. The van der Waals surface area contributed by atoms with Gasteiger partial charge in [-0.15, -0.1) is 0 Å². The fourth-order valence-corrected chi connectivity index (χ4v) is 2.13. The third-order valence-electron chi connectivity index (χ3n) is 3.24. The molecular formula is C17H19NO. The van der Waals surface area contributed by atoms with Gasteiger partial charge in [-0.25, -0.2) is 0 Å². The molecule has 2 nitrogen and oxygen atoms in total. The molecule has 98 valence electrons. The van der Waals surface area contributed by atoms with Crippen molar-refractivity contribution in [1.82, 2.24) is 4.90 Å². The number of rotatable bonds is 3. The van der Waals surface area contributed by atoms with Crippen LogP contribution in [0.3, 0.4) is 0 Å². The molecule has 1 aliphatic rings. The van der Waals surface area contributed by atoms with Crippen molar-refractivity contribution in [2.24, 2.45) is 0 Å². The number of hydrogen-bond donors (Lipinski definition) is 0. The third kappa shape index (κ3) is 4.30. The topological polar surface area (TPSA) is 20.3 Å². The van der Waals surface area contributed by atoms with Crippen LogP contribution in [0.1, 0.15) is 37.7 Å². The van der Waals surface area contributed by atoms with Gasteiger partial charge in [0.1, 0.15) is 0 Å². The van der Waals surface area contributed by atoms with Gasteiger partial charge in [-0.2, -0.15) is 0 Å². The minimum Gasteiger partial charge on any atom is -0.322 e. The van der Waals surface area contributed by atoms with Gasteiger partial charge < -0.3 is 4.90 Å². The second kappa shape index (κ2) is 6.80. The van der Waals surface area contributed by atoms with Crippen molar-refractivity contribution in [3.63, 3.8) is 0 Å². The summed E-state index contributed by atoms with van der Waals surface area (Å²) in [4.78, 5) is 13.0. The molecule has 2 heteroatoms. The Morgan fingerprint density at radius 2 is 2.00 bits per heavy atom. The molecule has 0 bridgehead atoms. The first-order valence-electron chi connectivity index (χ1n) is 6.75. The van der Waals surface area contributed by atoms with E-state index < -0.39 is 0 Å². The Labute approximate surface area is 115 Å². The van der Waals surface area contributed by atoms with E-state index in [0.717, 1.165) is 31.2 Å². The number of amides is 1. The smallest absolute Gasteiger partial charge is 0.226 e. The first-order valence-corrected chi connectivity index (χ1v) is 6.75. The Morgan fingerprint density at radius 3 is 2.74 bits per heavy atom. The standard InChI is InChI=1S/C17H19NO/c1-18-14-16(12-13-17(18)19)11-7-3-6-10-15-8-4-2-5-9-15/h2,4-5,8-9,14H,3,7,11-13H2,1H3. The van der Waals surface area contributed by atoms with Gasteiger partial charge in [-0.3, -0.25) is 4.79 Å². The Morgan fingerprint density at radius 1 is 1.21 bits per heavy atom. The molecule has 1 aromatic rings. The van der Waals surface area contributed by atoms with Crippen LogP contribution in [-0.4, -0.2) is 17.9 Å². The number of allylic oxidation sites excluding steroid dienone is 1. The molecule has 2 rings (SSSR count). The van der Waals surface area contributed by atoms with Gasteiger partial charge in [0.2, 0.25) is 5.91 Å². The summed E-state index contributed by atoms with van der Waals surface area (Å²) in [5.41, 5.74) is 2.44. The quantitative estimate of drug-likeness (QED) is 0.597. The van der Waals surface area contributed by atoms with E-state index in [1.54, 1.807) is 4.90 Å². The summed E-state index contributed by atoms with van der Waals surface area (Å²) in [5, 5.41) is 0. The fraction of sp³-hybridized carbons (Fsp3) is 0.353. The van der Waals surface area contributed by atoms with E-state index in [4.69, 9.17) is 0 Å². The van der Waals surface area contributed by atoms with Gasteiger partial charge in [-0.05, 0) is 31.4 Å². The maximum absolute atomic E-state index is 11.3. The van der Waals surface area contributed by atoms with E-state index in [0.29, 0.717) is 6.42 Å². The third-order valence-corrected chi connectivity index (χ3v) is 3.24. The molecule has 0 atom stereocenters. The number of hydrogen-bond acceptors (Lipinski definition) is 1. The normalized spacial score (nSPS) is 14.7. The Bertz CT molecular complexity index is 519. The number of unbranched alkanes of at least 4 members (excludes halogenated alkanes) is 1. The van der Waals surface area contributed by atoms with Crippen molar-refractivity contribution in [1.29, 1.82) is 0 Å². The number of carbonyl (C=O) groups is 1. The summed E-state index contributed by atoms with van der Waals surface area (Å²) in [6.45, 7) is 0. The number of carbonyl (C=O) groups excluding carboxylic acids is 1. The maximum atomic E-state index is 11.3. The van der Waals surface area contributed by atoms with Gasteiger partial charge in [0, 0.05) is 31.7 Å². The van der Waals surface area contributed by atoms with Crippen LogP contribution in [0.5, 0.6) is 0 Å². The van der Waals surface area contributed by atoms with Crippen molar-refractivity contribution in [3.05, 3.63) is 47.7 Å². The molecular weight excluding hydrogens is 234 g/mol. The number of benzene rings is 1. The Kier molecular flexibility index (Phi) is 4.80. The van der Waals surface area contributed by atoms with Crippen LogP contribution in [0.15, 0.2) is 42.1 Å². The van der Waals surface area contributed by atoms with Gasteiger partial charge in [0.05, 0.1) is 0 Å². The predicted molar refractivity (Wildman–Crippen MR) is 77.3 cm³/mol. The Hall–Kier alpha value is -2.01. The van der Waals surface area contributed by atoms with Gasteiger partial charge in [0.25, 0.3) is 0 Å². The molecule has 0 saturated carbocycles. The highest BCUT2D eigenvalue weighted by Gasteiger charge is 2.14. The molecule has 0 saturated heterocycles. The van der Waals surface area contributed by atoms with E-state index in [-0.39, 0.29) is 5.91 Å². The summed E-state index contributed by atoms with van der Waals surface area (Å²) in [6.07, 6.45) is 6.56. The van der Waals surface area contributed by atoms with Crippen molar-refractivity contribution >= 4 is 5.91 Å². The highest BCUT2D eigenvalue weighted by Crippen LogP contribution is 2.19. The zero-order valence-corrected chi connectivity index (χ0v) is 11.4. The summed E-state index contributed by atoms with van der Waals surface area (Å²) < 4.78 is 0. The van der Waals surface area contributed by atoms with Crippen molar-refractivity contribution in [2.75, 3.05) is 7.05 Å². The van der Waals surface area contributed by atoms with E-state index in [2.05, 4.69) is 11.8 Å². The second-order valence-electron chi connectivity index (χ2n) is 4.81. The zero-order chi connectivity index (χ0) is 13.5. The summed E-state index contributed by atoms with van der Waals surface area (Å²) in [6, 6.07) is 10.1. The molecule has 19 heavy (non-hydrogen) atoms. The molecule has 1 heterocycles. The van der Waals surface area contributed by atoms with Crippen LogP contribution >= 0.6 is 0 Å². The van der Waals surface area contributed by atoms with E-state index in [9.17, 15) is 4.79 Å². The van der Waals surface area contributed by atoms with Crippen LogP contribution in [0.25, 0.3) is 0 Å². The SMILES string of the molecule is CN1C=C(CCCC#Cc2ccccc2)CCC1=O. The molecule has 1 amide bonds. The molecule has 0 radical (unpaired) electrons. The maximum Gasteiger partial charge on any atom is 0.226 e. The summed E-state index contributed by atoms with van der Waals surface area (Å²) in [5.74, 6) is 6.58. The second-order valence-corrected chi connectivity index (χ2v) is 4.81. The lowest BCUT2D eigenvalue weighted by molar-refractivity contribution is -0.128. The van der Waals surface area contributed by atoms with Gasteiger partial charge in [-0.1, -0.05) is 35.6 Å². The monoisotopic (exact) mass is 253 g/mol. The molecule has 0 unspecified atom stereocenters. The average molecular weight is 253 g/mol.